The minimum Gasteiger partial charge on any atom is -0.464 e. The van der Waals surface area contributed by atoms with Crippen LogP contribution < -0.4 is 4.74 Å². The van der Waals surface area contributed by atoms with Crippen molar-refractivity contribution < 1.29 is 22.4 Å². The van der Waals surface area contributed by atoms with Gasteiger partial charge in [0.15, 0.2) is 0 Å². The summed E-state index contributed by atoms with van der Waals surface area (Å²) in [7, 11) is -2.89. The van der Waals surface area contributed by atoms with Crippen molar-refractivity contribution in [2.75, 3.05) is 19.5 Å². The van der Waals surface area contributed by atoms with Gasteiger partial charge >= 0.3 is 10.3 Å². The second-order valence-electron chi connectivity index (χ2n) is 5.80. The van der Waals surface area contributed by atoms with Gasteiger partial charge in [0, 0.05) is 25.0 Å². The van der Waals surface area contributed by atoms with Gasteiger partial charge in [-0.25, -0.2) is 0 Å². The SMILES string of the molecule is CN(Cc1ccc2c(c1)C(C)(C)C(OCCCl)O2)S(=O)(=O)O. The predicted molar refractivity (Wildman–Crippen MR) is 83.6 cm³/mol. The largest absolute Gasteiger partial charge is 0.464 e. The average molecular weight is 350 g/mol. The van der Waals surface area contributed by atoms with Gasteiger partial charge in [-0.1, -0.05) is 6.07 Å². The Labute approximate surface area is 135 Å². The summed E-state index contributed by atoms with van der Waals surface area (Å²) in [5, 5.41) is 0. The van der Waals surface area contributed by atoms with Crippen molar-refractivity contribution in [3.63, 3.8) is 0 Å². The van der Waals surface area contributed by atoms with Crippen LogP contribution in [0, 0.1) is 0 Å². The standard InChI is InChI=1S/C14H20ClNO5S/c1-14(2)11-8-10(9-16(3)22(17,18)19)4-5-12(11)21-13(14)20-7-6-15/h4-5,8,13H,6-7,9H2,1-3H3,(H,17,18,19). The van der Waals surface area contributed by atoms with E-state index in [-0.39, 0.29) is 12.0 Å². The number of rotatable bonds is 6. The topological polar surface area (TPSA) is 76.1 Å². The molecular weight excluding hydrogens is 330 g/mol. The summed E-state index contributed by atoms with van der Waals surface area (Å²) >= 11 is 5.64. The van der Waals surface area contributed by atoms with Gasteiger partial charge in [0.1, 0.15) is 5.75 Å². The van der Waals surface area contributed by atoms with Crippen molar-refractivity contribution in [1.29, 1.82) is 0 Å². The molecule has 6 nitrogen and oxygen atoms in total. The molecule has 0 saturated heterocycles. The molecule has 0 radical (unpaired) electrons. The summed E-state index contributed by atoms with van der Waals surface area (Å²) in [5.74, 6) is 1.10. The first kappa shape index (κ1) is 17.5. The number of fused-ring (bicyclic) bond motifs is 1. The highest BCUT2D eigenvalue weighted by Gasteiger charge is 2.42. The Kier molecular flexibility index (Phi) is 5.03. The number of halogens is 1. The van der Waals surface area contributed by atoms with Crippen molar-refractivity contribution in [3.05, 3.63) is 29.3 Å². The van der Waals surface area contributed by atoms with Crippen molar-refractivity contribution in [1.82, 2.24) is 4.31 Å². The fourth-order valence-corrected chi connectivity index (χ4v) is 2.81. The van der Waals surface area contributed by atoms with Crippen LogP contribution in [0.1, 0.15) is 25.0 Å². The molecule has 0 aliphatic carbocycles. The maximum absolute atomic E-state index is 11.1. The van der Waals surface area contributed by atoms with E-state index in [0.717, 1.165) is 15.4 Å². The second-order valence-corrected chi connectivity index (χ2v) is 7.69. The molecule has 0 bridgehead atoms. The molecule has 8 heteroatoms. The van der Waals surface area contributed by atoms with Gasteiger partial charge in [0.05, 0.1) is 12.0 Å². The molecule has 1 N–H and O–H groups in total. The Morgan fingerprint density at radius 2 is 2.14 bits per heavy atom. The van der Waals surface area contributed by atoms with Gasteiger partial charge in [-0.3, -0.25) is 4.55 Å². The summed E-state index contributed by atoms with van der Waals surface area (Å²) in [6.45, 7) is 4.46. The van der Waals surface area contributed by atoms with Crippen LogP contribution in [0.3, 0.4) is 0 Å². The highest BCUT2D eigenvalue weighted by molar-refractivity contribution is 7.83. The lowest BCUT2D eigenvalue weighted by molar-refractivity contribution is -0.0974. The van der Waals surface area contributed by atoms with Gasteiger partial charge in [-0.05, 0) is 31.5 Å². The quantitative estimate of drug-likeness (QED) is 0.629. The zero-order valence-electron chi connectivity index (χ0n) is 12.7. The third-order valence-electron chi connectivity index (χ3n) is 3.71. The van der Waals surface area contributed by atoms with Crippen molar-refractivity contribution in [3.8, 4) is 5.75 Å². The Balaban J connectivity index is 2.23. The van der Waals surface area contributed by atoms with E-state index in [1.807, 2.05) is 19.9 Å². The Hall–Kier alpha value is -0.860. The highest BCUT2D eigenvalue weighted by atomic mass is 35.5. The number of ether oxygens (including phenoxy) is 2. The number of benzene rings is 1. The molecule has 124 valence electrons. The first-order valence-corrected chi connectivity index (χ1v) is 8.76. The Morgan fingerprint density at radius 3 is 2.73 bits per heavy atom. The lowest BCUT2D eigenvalue weighted by Crippen LogP contribution is -2.35. The zero-order valence-corrected chi connectivity index (χ0v) is 14.3. The minimum atomic E-state index is -4.20. The van der Waals surface area contributed by atoms with Crippen LogP contribution in [-0.4, -0.2) is 43.1 Å². The highest BCUT2D eigenvalue weighted by Crippen LogP contribution is 2.43. The predicted octanol–water partition coefficient (Wildman–Crippen LogP) is 2.17. The molecule has 1 heterocycles. The first-order valence-electron chi connectivity index (χ1n) is 6.82. The van der Waals surface area contributed by atoms with Gasteiger partial charge in [0.2, 0.25) is 6.29 Å². The molecule has 22 heavy (non-hydrogen) atoms. The maximum Gasteiger partial charge on any atom is 0.335 e. The fourth-order valence-electron chi connectivity index (χ4n) is 2.40. The third kappa shape index (κ3) is 3.55. The van der Waals surface area contributed by atoms with Crippen LogP contribution >= 0.6 is 11.6 Å². The number of hydrogen-bond acceptors (Lipinski definition) is 4. The first-order chi connectivity index (χ1) is 10.2. The van der Waals surface area contributed by atoms with Gasteiger partial charge in [-0.2, -0.15) is 12.7 Å². The summed E-state index contributed by atoms with van der Waals surface area (Å²) in [6, 6.07) is 5.43. The molecule has 1 aliphatic heterocycles. The normalized spacial score (nSPS) is 20.0. The fraction of sp³-hybridized carbons (Fsp3) is 0.571. The van der Waals surface area contributed by atoms with E-state index in [1.54, 1.807) is 12.1 Å². The maximum atomic E-state index is 11.1. The minimum absolute atomic E-state index is 0.0788. The van der Waals surface area contributed by atoms with Crippen molar-refractivity contribution in [2.24, 2.45) is 0 Å². The van der Waals surface area contributed by atoms with E-state index in [4.69, 9.17) is 25.6 Å². The Morgan fingerprint density at radius 1 is 1.45 bits per heavy atom. The monoisotopic (exact) mass is 349 g/mol. The van der Waals surface area contributed by atoms with Gasteiger partial charge in [0.25, 0.3) is 0 Å². The number of alkyl halides is 1. The van der Waals surface area contributed by atoms with Crippen LogP contribution in [0.2, 0.25) is 0 Å². The van der Waals surface area contributed by atoms with E-state index in [0.29, 0.717) is 18.2 Å². The van der Waals surface area contributed by atoms with Crippen molar-refractivity contribution >= 4 is 21.9 Å². The molecule has 2 rings (SSSR count). The van der Waals surface area contributed by atoms with Gasteiger partial charge in [-0.15, -0.1) is 11.6 Å². The zero-order chi connectivity index (χ0) is 16.5. The van der Waals surface area contributed by atoms with Crippen molar-refractivity contribution in [2.45, 2.75) is 32.1 Å². The summed E-state index contributed by atoms with van der Waals surface area (Å²) in [4.78, 5) is 0. The van der Waals surface area contributed by atoms with E-state index in [9.17, 15) is 8.42 Å². The van der Waals surface area contributed by atoms with Crippen LogP contribution in [0.5, 0.6) is 5.75 Å². The molecule has 1 aromatic rings. The molecule has 1 atom stereocenters. The van der Waals surface area contributed by atoms with Crippen LogP contribution in [0.15, 0.2) is 18.2 Å². The Bertz CT molecular complexity index is 647. The molecule has 0 saturated carbocycles. The van der Waals surface area contributed by atoms with Gasteiger partial charge < -0.3 is 9.47 Å². The molecule has 1 unspecified atom stereocenters. The number of hydrogen-bond donors (Lipinski definition) is 1. The van der Waals surface area contributed by atoms with E-state index < -0.39 is 16.6 Å². The van der Waals surface area contributed by atoms with E-state index in [1.165, 1.54) is 7.05 Å². The summed E-state index contributed by atoms with van der Waals surface area (Å²) < 4.78 is 43.5. The van der Waals surface area contributed by atoms with Crippen LogP contribution in [0.25, 0.3) is 0 Å². The number of nitrogens with zero attached hydrogens (tertiary/aromatic N) is 1. The molecule has 0 aromatic heterocycles. The van der Waals surface area contributed by atoms with Crippen LogP contribution in [-0.2, 0) is 27.0 Å². The summed E-state index contributed by atoms with van der Waals surface area (Å²) in [5.41, 5.74) is 1.32. The third-order valence-corrected chi connectivity index (χ3v) is 4.78. The van der Waals surface area contributed by atoms with Crippen LogP contribution in [0.4, 0.5) is 0 Å². The lowest BCUT2D eigenvalue weighted by atomic mass is 9.84. The summed E-state index contributed by atoms with van der Waals surface area (Å²) in [6.07, 6.45) is -0.434. The molecule has 0 amide bonds. The molecule has 0 spiro atoms. The molecule has 1 aliphatic rings. The second kappa shape index (κ2) is 6.33. The van der Waals surface area contributed by atoms with E-state index in [2.05, 4.69) is 0 Å². The molecular formula is C14H20ClNO5S. The van der Waals surface area contributed by atoms with E-state index >= 15 is 0 Å². The lowest BCUT2D eigenvalue weighted by Gasteiger charge is -2.25. The molecule has 1 aromatic carbocycles. The average Bonchev–Trinajstić information content (AvgIpc) is 2.67. The molecule has 0 fully saturated rings. The smallest absolute Gasteiger partial charge is 0.335 e.